The Morgan fingerprint density at radius 2 is 1.53 bits per heavy atom. The maximum absolute atomic E-state index is 12.4. The molecule has 152 valence electrons. The topological polar surface area (TPSA) is 70.2 Å². The second-order valence-electron chi connectivity index (χ2n) is 6.32. The van der Waals surface area contributed by atoms with Gasteiger partial charge in [-0.1, -0.05) is 57.9 Å². The van der Waals surface area contributed by atoms with Crippen molar-refractivity contribution < 1.29 is 9.59 Å². The first-order chi connectivity index (χ1) is 14.4. The zero-order valence-corrected chi connectivity index (χ0v) is 18.8. The monoisotopic (exact) mass is 501 g/mol. The minimum absolute atomic E-state index is 0.101. The van der Waals surface area contributed by atoms with Crippen LogP contribution in [-0.4, -0.2) is 16.9 Å². The summed E-state index contributed by atoms with van der Waals surface area (Å²) in [5.74, 6) is -0.515. The molecule has 30 heavy (non-hydrogen) atoms. The minimum Gasteiger partial charge on any atom is -0.332 e. The second kappa shape index (κ2) is 10.3. The van der Waals surface area contributed by atoms with Crippen molar-refractivity contribution in [2.75, 3.05) is 10.6 Å². The van der Waals surface area contributed by atoms with Gasteiger partial charge in [-0.25, -0.2) is 0 Å². The van der Waals surface area contributed by atoms with Crippen molar-refractivity contribution in [1.29, 1.82) is 0 Å². The Kier molecular flexibility index (Phi) is 7.57. The summed E-state index contributed by atoms with van der Waals surface area (Å²) < 4.78 is 0.737. The van der Waals surface area contributed by atoms with Gasteiger partial charge in [0.1, 0.15) is 0 Å². The van der Waals surface area contributed by atoms with E-state index in [1.165, 1.54) is 0 Å². The third kappa shape index (κ3) is 6.38. The van der Waals surface area contributed by atoms with E-state index in [4.69, 9.17) is 23.8 Å². The summed E-state index contributed by atoms with van der Waals surface area (Å²) in [5, 5.41) is 8.83. The standard InChI is InChI=1S/C22H17BrClN3O2S/c23-15-6-11-19(24)18(13-15)21(29)27-22(30)26-17-9-7-16(8-10-17)25-20(28)12-14-4-2-1-3-5-14/h1-11,13H,12H2,(H,25,28)(H2,26,27,29,30). The fraction of sp³-hybridized carbons (Fsp3) is 0.0455. The van der Waals surface area contributed by atoms with Crippen LogP contribution in [0.2, 0.25) is 5.02 Å². The lowest BCUT2D eigenvalue weighted by Crippen LogP contribution is -2.34. The van der Waals surface area contributed by atoms with Gasteiger partial charge in [0.25, 0.3) is 5.91 Å². The Balaban J connectivity index is 1.53. The summed E-state index contributed by atoms with van der Waals surface area (Å²) in [6, 6.07) is 21.5. The van der Waals surface area contributed by atoms with E-state index in [-0.39, 0.29) is 11.0 Å². The highest BCUT2D eigenvalue weighted by atomic mass is 79.9. The van der Waals surface area contributed by atoms with Crippen LogP contribution < -0.4 is 16.0 Å². The smallest absolute Gasteiger partial charge is 0.258 e. The van der Waals surface area contributed by atoms with Crippen molar-refractivity contribution in [1.82, 2.24) is 5.32 Å². The molecule has 0 unspecified atom stereocenters. The number of thiocarbonyl (C=S) groups is 1. The molecule has 0 saturated carbocycles. The molecule has 2 amide bonds. The van der Waals surface area contributed by atoms with E-state index in [0.717, 1.165) is 10.0 Å². The molecule has 0 bridgehead atoms. The molecule has 0 atom stereocenters. The van der Waals surface area contributed by atoms with Crippen molar-refractivity contribution in [3.8, 4) is 0 Å². The normalized spacial score (nSPS) is 10.2. The molecular formula is C22H17BrClN3O2S. The molecule has 0 saturated heterocycles. The highest BCUT2D eigenvalue weighted by molar-refractivity contribution is 9.10. The molecule has 0 heterocycles. The third-order valence-electron chi connectivity index (χ3n) is 4.03. The summed E-state index contributed by atoms with van der Waals surface area (Å²) in [6.07, 6.45) is 0.301. The van der Waals surface area contributed by atoms with Crippen LogP contribution in [0.15, 0.2) is 77.3 Å². The number of benzene rings is 3. The Hall–Kier alpha value is -2.74. The summed E-state index contributed by atoms with van der Waals surface area (Å²) in [4.78, 5) is 24.5. The number of hydrogen-bond acceptors (Lipinski definition) is 3. The summed E-state index contributed by atoms with van der Waals surface area (Å²) >= 11 is 14.6. The van der Waals surface area contributed by atoms with Gasteiger partial charge in [-0.2, -0.15) is 0 Å². The predicted molar refractivity (Wildman–Crippen MR) is 128 cm³/mol. The Bertz CT molecular complexity index is 1080. The number of anilines is 2. The predicted octanol–water partition coefficient (Wildman–Crippen LogP) is 5.41. The zero-order valence-electron chi connectivity index (χ0n) is 15.6. The molecule has 5 nitrogen and oxygen atoms in total. The largest absolute Gasteiger partial charge is 0.332 e. The van der Waals surface area contributed by atoms with Gasteiger partial charge in [-0.05, 0) is 60.2 Å². The third-order valence-corrected chi connectivity index (χ3v) is 5.06. The van der Waals surface area contributed by atoms with Gasteiger partial charge in [0.05, 0.1) is 17.0 Å². The molecule has 0 fully saturated rings. The Labute approximate surface area is 193 Å². The quantitative estimate of drug-likeness (QED) is 0.408. The number of halogens is 2. The maximum atomic E-state index is 12.4. The van der Waals surface area contributed by atoms with Gasteiger partial charge >= 0.3 is 0 Å². The van der Waals surface area contributed by atoms with E-state index in [2.05, 4.69) is 31.9 Å². The molecule has 0 spiro atoms. The summed E-state index contributed by atoms with van der Waals surface area (Å²) in [5.41, 5.74) is 2.59. The number of amides is 2. The molecule has 0 aliphatic rings. The van der Waals surface area contributed by atoms with Gasteiger partial charge in [-0.15, -0.1) is 0 Å². The van der Waals surface area contributed by atoms with Crippen molar-refractivity contribution in [2.45, 2.75) is 6.42 Å². The van der Waals surface area contributed by atoms with E-state index < -0.39 is 5.91 Å². The molecule has 3 aromatic carbocycles. The van der Waals surface area contributed by atoms with E-state index in [9.17, 15) is 9.59 Å². The first kappa shape index (κ1) is 22.0. The van der Waals surface area contributed by atoms with Gasteiger partial charge in [0.2, 0.25) is 5.91 Å². The van der Waals surface area contributed by atoms with Crippen LogP contribution in [0.4, 0.5) is 11.4 Å². The molecule has 0 aliphatic heterocycles. The fourth-order valence-electron chi connectivity index (χ4n) is 2.63. The van der Waals surface area contributed by atoms with Crippen molar-refractivity contribution in [3.63, 3.8) is 0 Å². The molecule has 3 rings (SSSR count). The number of carbonyl (C=O) groups is 2. The Morgan fingerprint density at radius 3 is 2.20 bits per heavy atom. The number of nitrogens with one attached hydrogen (secondary N) is 3. The molecule has 0 radical (unpaired) electrons. The van der Waals surface area contributed by atoms with Crippen LogP contribution in [0.3, 0.4) is 0 Å². The Morgan fingerprint density at radius 1 is 0.900 bits per heavy atom. The van der Waals surface area contributed by atoms with Crippen LogP contribution in [0.25, 0.3) is 0 Å². The highest BCUT2D eigenvalue weighted by Gasteiger charge is 2.12. The average Bonchev–Trinajstić information content (AvgIpc) is 2.72. The van der Waals surface area contributed by atoms with Crippen LogP contribution in [0.1, 0.15) is 15.9 Å². The number of carbonyl (C=O) groups excluding carboxylic acids is 2. The summed E-state index contributed by atoms with van der Waals surface area (Å²) in [7, 11) is 0. The lowest BCUT2D eigenvalue weighted by atomic mass is 10.1. The summed E-state index contributed by atoms with van der Waals surface area (Å²) in [6.45, 7) is 0. The van der Waals surface area contributed by atoms with Gasteiger partial charge in [-0.3, -0.25) is 14.9 Å². The molecule has 3 aromatic rings. The van der Waals surface area contributed by atoms with E-state index in [0.29, 0.717) is 28.4 Å². The van der Waals surface area contributed by atoms with Gasteiger partial charge < -0.3 is 10.6 Å². The first-order valence-electron chi connectivity index (χ1n) is 8.92. The van der Waals surface area contributed by atoms with Crippen molar-refractivity contribution in [3.05, 3.63) is 93.4 Å². The van der Waals surface area contributed by atoms with Gasteiger partial charge in [0, 0.05) is 15.8 Å². The molecule has 0 aliphatic carbocycles. The molecular weight excluding hydrogens is 486 g/mol. The lowest BCUT2D eigenvalue weighted by molar-refractivity contribution is -0.115. The molecule has 0 aromatic heterocycles. The van der Waals surface area contributed by atoms with Crippen LogP contribution in [0.5, 0.6) is 0 Å². The molecule has 8 heteroatoms. The van der Waals surface area contributed by atoms with E-state index >= 15 is 0 Å². The fourth-order valence-corrected chi connectivity index (χ4v) is 3.40. The average molecular weight is 503 g/mol. The number of rotatable bonds is 5. The second-order valence-corrected chi connectivity index (χ2v) is 8.05. The van der Waals surface area contributed by atoms with Crippen LogP contribution in [-0.2, 0) is 11.2 Å². The highest BCUT2D eigenvalue weighted by Crippen LogP contribution is 2.21. The maximum Gasteiger partial charge on any atom is 0.258 e. The minimum atomic E-state index is -0.413. The van der Waals surface area contributed by atoms with Crippen molar-refractivity contribution in [2.24, 2.45) is 0 Å². The van der Waals surface area contributed by atoms with Crippen LogP contribution >= 0.6 is 39.7 Å². The van der Waals surface area contributed by atoms with Crippen LogP contribution in [0, 0.1) is 0 Å². The van der Waals surface area contributed by atoms with E-state index in [1.807, 2.05) is 30.3 Å². The number of hydrogen-bond donors (Lipinski definition) is 3. The first-order valence-corrected chi connectivity index (χ1v) is 10.5. The SMILES string of the molecule is O=C(Cc1ccccc1)Nc1ccc(NC(=S)NC(=O)c2cc(Br)ccc2Cl)cc1. The van der Waals surface area contributed by atoms with E-state index in [1.54, 1.807) is 42.5 Å². The molecule has 3 N–H and O–H groups in total. The lowest BCUT2D eigenvalue weighted by Gasteiger charge is -2.11. The van der Waals surface area contributed by atoms with Gasteiger partial charge in [0.15, 0.2) is 5.11 Å². The van der Waals surface area contributed by atoms with Crippen molar-refractivity contribution >= 4 is 68.1 Å². The zero-order chi connectivity index (χ0) is 21.5.